The van der Waals surface area contributed by atoms with Crippen molar-refractivity contribution in [1.29, 1.82) is 0 Å². The molecule has 0 amide bonds. The third-order valence-electron chi connectivity index (χ3n) is 4.44. The van der Waals surface area contributed by atoms with Crippen molar-refractivity contribution in [2.24, 2.45) is 0 Å². The van der Waals surface area contributed by atoms with Gasteiger partial charge in [-0.15, -0.1) is 0 Å². The van der Waals surface area contributed by atoms with Gasteiger partial charge in [0.05, 0.1) is 20.5 Å². The first-order valence-corrected chi connectivity index (χ1v) is 13.0. The number of sulfonamides is 1. The number of methoxy groups -OCH3 is 2. The van der Waals surface area contributed by atoms with E-state index in [4.69, 9.17) is 9.47 Å². The first-order chi connectivity index (χ1) is 14.8. The molecule has 0 saturated heterocycles. The van der Waals surface area contributed by atoms with E-state index in [0.717, 1.165) is 36.6 Å². The Morgan fingerprint density at radius 1 is 0.774 bits per heavy atom. The molecule has 0 heterocycles. The Hall–Kier alpha value is -2.13. The van der Waals surface area contributed by atoms with Crippen molar-refractivity contribution in [3.05, 3.63) is 72.3 Å². The lowest BCUT2D eigenvalue weighted by Gasteiger charge is -2.14. The van der Waals surface area contributed by atoms with Crippen LogP contribution in [0.4, 0.5) is 0 Å². The van der Waals surface area contributed by atoms with Gasteiger partial charge in [0.2, 0.25) is 10.0 Å². The second-order valence-electron chi connectivity index (χ2n) is 6.87. The van der Waals surface area contributed by atoms with Crippen molar-refractivity contribution in [3.63, 3.8) is 0 Å². The molecule has 0 bridgehead atoms. The summed E-state index contributed by atoms with van der Waals surface area (Å²) in [6.45, 7) is 1.83. The Morgan fingerprint density at radius 2 is 1.29 bits per heavy atom. The molecule has 0 unspecified atom stereocenters. The van der Waals surface area contributed by atoms with E-state index in [1.807, 2.05) is 67.6 Å². The maximum Gasteiger partial charge on any atom is 0.209 e. The zero-order chi connectivity index (χ0) is 22.4. The third kappa shape index (κ3) is 6.93. The molecule has 5 nitrogen and oxygen atoms in total. The van der Waals surface area contributed by atoms with Crippen LogP contribution in [0.25, 0.3) is 0 Å². The number of nitrogens with one attached hydrogen (secondary N) is 1. The highest BCUT2D eigenvalue weighted by molar-refractivity contribution is 8.02. The molecular formula is C23H25NO4S3. The standard InChI is InChI=1S/C23H25NO4S3/c1-16(24-31(4,25)26)17-5-10-20(11-6-17)29-22-14-9-19(28-3)15-23(22)30-21-12-7-18(27-2)8-13-21/h5-16,24H,1-4H3/t16-/m0/s1. The quantitative estimate of drug-likeness (QED) is 0.434. The van der Waals surface area contributed by atoms with Crippen LogP contribution >= 0.6 is 23.5 Å². The molecule has 3 aromatic carbocycles. The summed E-state index contributed by atoms with van der Waals surface area (Å²) in [5, 5.41) is 0. The topological polar surface area (TPSA) is 64.6 Å². The molecule has 31 heavy (non-hydrogen) atoms. The highest BCUT2D eigenvalue weighted by atomic mass is 32.2. The summed E-state index contributed by atoms with van der Waals surface area (Å²) < 4.78 is 36.2. The molecule has 0 spiro atoms. The SMILES string of the molecule is COc1ccc(Sc2cc(OC)ccc2Sc2ccc([C@H](C)NS(C)(=O)=O)cc2)cc1. The lowest BCUT2D eigenvalue weighted by Crippen LogP contribution is -2.25. The summed E-state index contributed by atoms with van der Waals surface area (Å²) >= 11 is 3.32. The minimum atomic E-state index is -3.25. The summed E-state index contributed by atoms with van der Waals surface area (Å²) in [6.07, 6.45) is 1.17. The van der Waals surface area contributed by atoms with E-state index in [1.54, 1.807) is 37.7 Å². The molecule has 0 aromatic heterocycles. The van der Waals surface area contributed by atoms with Crippen molar-refractivity contribution in [2.75, 3.05) is 20.5 Å². The second-order valence-corrected chi connectivity index (χ2v) is 10.9. The first kappa shape index (κ1) is 23.5. The van der Waals surface area contributed by atoms with Gasteiger partial charge in [-0.2, -0.15) is 0 Å². The van der Waals surface area contributed by atoms with Gasteiger partial charge in [0.1, 0.15) is 11.5 Å². The highest BCUT2D eigenvalue weighted by Gasteiger charge is 2.12. The zero-order valence-electron chi connectivity index (χ0n) is 17.8. The average Bonchev–Trinajstić information content (AvgIpc) is 2.74. The van der Waals surface area contributed by atoms with Crippen molar-refractivity contribution in [3.8, 4) is 11.5 Å². The van der Waals surface area contributed by atoms with Crippen molar-refractivity contribution in [2.45, 2.75) is 32.5 Å². The predicted molar refractivity (Wildman–Crippen MR) is 127 cm³/mol. The van der Waals surface area contributed by atoms with Crippen LogP contribution < -0.4 is 14.2 Å². The molecule has 0 aliphatic carbocycles. The van der Waals surface area contributed by atoms with Crippen LogP contribution in [0.2, 0.25) is 0 Å². The van der Waals surface area contributed by atoms with Crippen LogP contribution in [0.5, 0.6) is 11.5 Å². The van der Waals surface area contributed by atoms with E-state index in [1.165, 1.54) is 6.26 Å². The normalized spacial score (nSPS) is 12.4. The summed E-state index contributed by atoms with van der Waals surface area (Å²) in [5.41, 5.74) is 0.914. The smallest absolute Gasteiger partial charge is 0.209 e. The van der Waals surface area contributed by atoms with Crippen LogP contribution in [0.3, 0.4) is 0 Å². The largest absolute Gasteiger partial charge is 0.497 e. The summed E-state index contributed by atoms with van der Waals surface area (Å²) in [4.78, 5) is 4.37. The molecule has 0 radical (unpaired) electrons. The van der Waals surface area contributed by atoms with Gasteiger partial charge in [-0.1, -0.05) is 35.7 Å². The Bertz CT molecular complexity index is 1110. The highest BCUT2D eigenvalue weighted by Crippen LogP contribution is 2.41. The molecular weight excluding hydrogens is 450 g/mol. The van der Waals surface area contributed by atoms with E-state index >= 15 is 0 Å². The number of ether oxygens (including phenoxy) is 2. The van der Waals surface area contributed by atoms with Crippen LogP contribution in [0.15, 0.2) is 86.3 Å². The minimum Gasteiger partial charge on any atom is -0.497 e. The fraction of sp³-hybridized carbons (Fsp3) is 0.217. The fourth-order valence-corrected chi connectivity index (χ4v) is 5.61. The Labute approximate surface area is 192 Å². The second kappa shape index (κ2) is 10.5. The zero-order valence-corrected chi connectivity index (χ0v) is 20.2. The monoisotopic (exact) mass is 475 g/mol. The molecule has 0 saturated carbocycles. The number of hydrogen-bond acceptors (Lipinski definition) is 6. The maximum atomic E-state index is 11.5. The summed E-state index contributed by atoms with van der Waals surface area (Å²) in [6, 6.07) is 21.6. The van der Waals surface area contributed by atoms with Gasteiger partial charge in [-0.05, 0) is 67.1 Å². The number of benzene rings is 3. The minimum absolute atomic E-state index is 0.281. The van der Waals surface area contributed by atoms with Gasteiger partial charge in [0, 0.05) is 25.6 Å². The van der Waals surface area contributed by atoms with Gasteiger partial charge in [0.25, 0.3) is 0 Å². The first-order valence-electron chi connectivity index (χ1n) is 9.52. The molecule has 1 atom stereocenters. The molecule has 3 aromatic rings. The van der Waals surface area contributed by atoms with Crippen LogP contribution in [-0.4, -0.2) is 28.9 Å². The Morgan fingerprint density at radius 3 is 1.84 bits per heavy atom. The molecule has 1 N–H and O–H groups in total. The van der Waals surface area contributed by atoms with E-state index in [-0.39, 0.29) is 6.04 Å². The molecule has 0 fully saturated rings. The van der Waals surface area contributed by atoms with E-state index in [9.17, 15) is 8.42 Å². The number of hydrogen-bond donors (Lipinski definition) is 1. The third-order valence-corrected chi connectivity index (χ3v) is 7.50. The maximum absolute atomic E-state index is 11.5. The predicted octanol–water partition coefficient (Wildman–Crippen LogP) is 5.62. The van der Waals surface area contributed by atoms with Crippen molar-refractivity contribution in [1.82, 2.24) is 4.72 Å². The molecule has 8 heteroatoms. The van der Waals surface area contributed by atoms with Crippen molar-refractivity contribution < 1.29 is 17.9 Å². The molecule has 0 aliphatic heterocycles. The lowest BCUT2D eigenvalue weighted by atomic mass is 10.1. The Balaban J connectivity index is 1.80. The van der Waals surface area contributed by atoms with E-state index in [2.05, 4.69) is 10.8 Å². The van der Waals surface area contributed by atoms with Crippen molar-refractivity contribution >= 4 is 33.5 Å². The van der Waals surface area contributed by atoms with E-state index < -0.39 is 10.0 Å². The Kier molecular flexibility index (Phi) is 7.94. The van der Waals surface area contributed by atoms with Crippen LogP contribution in [0, 0.1) is 0 Å². The average molecular weight is 476 g/mol. The summed E-state index contributed by atoms with van der Waals surface area (Å²) in [5.74, 6) is 1.63. The van der Waals surface area contributed by atoms with Gasteiger partial charge in [-0.3, -0.25) is 0 Å². The molecule has 0 aliphatic rings. The fourth-order valence-electron chi connectivity index (χ4n) is 2.89. The van der Waals surface area contributed by atoms with Gasteiger partial charge in [-0.25, -0.2) is 13.1 Å². The van der Waals surface area contributed by atoms with Gasteiger partial charge < -0.3 is 9.47 Å². The van der Waals surface area contributed by atoms with Crippen LogP contribution in [-0.2, 0) is 10.0 Å². The molecule has 164 valence electrons. The number of rotatable bonds is 9. The van der Waals surface area contributed by atoms with E-state index in [0.29, 0.717) is 0 Å². The lowest BCUT2D eigenvalue weighted by molar-refractivity contribution is 0.413. The van der Waals surface area contributed by atoms with Gasteiger partial charge in [0.15, 0.2) is 0 Å². The summed E-state index contributed by atoms with van der Waals surface area (Å²) in [7, 11) is 0.0617. The van der Waals surface area contributed by atoms with Crippen LogP contribution in [0.1, 0.15) is 18.5 Å². The van der Waals surface area contributed by atoms with Gasteiger partial charge >= 0.3 is 0 Å². The molecule has 3 rings (SSSR count).